The number of hydrogen-bond donors (Lipinski definition) is 0. The molecule has 0 aliphatic rings. The maximum Gasteiger partial charge on any atom is 0.171 e. The van der Waals surface area contributed by atoms with E-state index >= 15 is 0 Å². The van der Waals surface area contributed by atoms with Crippen LogP contribution in [0.25, 0.3) is 10.3 Å². The molecule has 0 atom stereocenters. The van der Waals surface area contributed by atoms with E-state index in [1.54, 1.807) is 29.3 Å². The van der Waals surface area contributed by atoms with E-state index in [-0.39, 0.29) is 0 Å². The summed E-state index contributed by atoms with van der Waals surface area (Å²) in [5, 5.41) is 0. The highest BCUT2D eigenvalue weighted by molar-refractivity contribution is 8.00. The molecular formula is C13H10N2S2. The van der Waals surface area contributed by atoms with Crippen molar-refractivity contribution in [2.45, 2.75) is 10.1 Å². The summed E-state index contributed by atoms with van der Waals surface area (Å²) in [5.41, 5.74) is 2.18. The van der Waals surface area contributed by atoms with Crippen LogP contribution in [0.1, 0.15) is 5.56 Å². The van der Waals surface area contributed by atoms with Crippen LogP contribution in [-0.4, -0.2) is 9.97 Å². The minimum Gasteiger partial charge on any atom is -0.236 e. The smallest absolute Gasteiger partial charge is 0.171 e. The summed E-state index contributed by atoms with van der Waals surface area (Å²) in [7, 11) is 0. The molecule has 1 aromatic carbocycles. The van der Waals surface area contributed by atoms with Gasteiger partial charge in [0, 0.05) is 11.9 Å². The van der Waals surface area contributed by atoms with Crippen LogP contribution in [0, 0.1) is 0 Å². The molecule has 0 aliphatic heterocycles. The summed E-state index contributed by atoms with van der Waals surface area (Å²) in [6.45, 7) is 0. The topological polar surface area (TPSA) is 25.8 Å². The summed E-state index contributed by atoms with van der Waals surface area (Å²) in [6.07, 6.45) is 1.79. The number of thiazole rings is 1. The van der Waals surface area contributed by atoms with Crippen LogP contribution >= 0.6 is 23.1 Å². The number of hydrogen-bond acceptors (Lipinski definition) is 4. The van der Waals surface area contributed by atoms with Gasteiger partial charge < -0.3 is 0 Å². The number of fused-ring (bicyclic) bond motifs is 1. The van der Waals surface area contributed by atoms with Gasteiger partial charge >= 0.3 is 0 Å². The van der Waals surface area contributed by atoms with Crippen molar-refractivity contribution < 1.29 is 0 Å². The van der Waals surface area contributed by atoms with Crippen LogP contribution in [0.15, 0.2) is 53.0 Å². The standard InChI is InChI=1S/C13H10N2S2/c1-2-5-10(6-3-1)9-16-13-15-12-11(17-13)7-4-8-14-12/h1-8H,9H2. The van der Waals surface area contributed by atoms with Gasteiger partial charge in [-0.25, -0.2) is 9.97 Å². The molecule has 0 unspecified atom stereocenters. The molecule has 0 aliphatic carbocycles. The lowest BCUT2D eigenvalue weighted by Gasteiger charge is -1.96. The summed E-state index contributed by atoms with van der Waals surface area (Å²) >= 11 is 3.47. The fraction of sp³-hybridized carbons (Fsp3) is 0.0769. The number of aromatic nitrogens is 2. The Labute approximate surface area is 108 Å². The maximum absolute atomic E-state index is 4.50. The molecule has 0 amide bonds. The Balaban J connectivity index is 1.77. The van der Waals surface area contributed by atoms with Crippen molar-refractivity contribution in [3.8, 4) is 0 Å². The number of pyridine rings is 1. The molecule has 0 fully saturated rings. The average Bonchev–Trinajstić information content (AvgIpc) is 2.80. The van der Waals surface area contributed by atoms with Gasteiger partial charge in [-0.1, -0.05) is 42.1 Å². The molecule has 0 spiro atoms. The third-order valence-corrected chi connectivity index (χ3v) is 4.57. The monoisotopic (exact) mass is 258 g/mol. The van der Waals surface area contributed by atoms with Crippen molar-refractivity contribution in [2.24, 2.45) is 0 Å². The molecule has 2 aromatic heterocycles. The Hall–Kier alpha value is -1.39. The molecule has 2 nitrogen and oxygen atoms in total. The van der Waals surface area contributed by atoms with Crippen molar-refractivity contribution in [3.05, 3.63) is 54.2 Å². The van der Waals surface area contributed by atoms with E-state index in [0.717, 1.165) is 20.4 Å². The molecule has 0 bridgehead atoms. The minimum atomic E-state index is 0.855. The quantitative estimate of drug-likeness (QED) is 0.664. The highest BCUT2D eigenvalue weighted by atomic mass is 32.2. The van der Waals surface area contributed by atoms with Gasteiger partial charge in [0.05, 0.1) is 4.70 Å². The molecule has 0 saturated heterocycles. The van der Waals surface area contributed by atoms with Gasteiger partial charge in [0.25, 0.3) is 0 Å². The van der Waals surface area contributed by atoms with Crippen LogP contribution in [0.3, 0.4) is 0 Å². The normalized spacial score (nSPS) is 10.8. The second kappa shape index (κ2) is 4.85. The van der Waals surface area contributed by atoms with Gasteiger partial charge in [0.1, 0.15) is 0 Å². The van der Waals surface area contributed by atoms with Gasteiger partial charge in [0.15, 0.2) is 9.99 Å². The first kappa shape index (κ1) is 10.7. The number of rotatable bonds is 3. The fourth-order valence-corrected chi connectivity index (χ4v) is 3.50. The molecular weight excluding hydrogens is 248 g/mol. The van der Waals surface area contributed by atoms with Crippen LogP contribution in [-0.2, 0) is 5.75 Å². The highest BCUT2D eigenvalue weighted by Gasteiger charge is 2.04. The zero-order chi connectivity index (χ0) is 11.5. The van der Waals surface area contributed by atoms with Crippen molar-refractivity contribution in [1.82, 2.24) is 9.97 Å². The van der Waals surface area contributed by atoms with E-state index in [4.69, 9.17) is 0 Å². The van der Waals surface area contributed by atoms with Crippen LogP contribution in [0.5, 0.6) is 0 Å². The molecule has 0 radical (unpaired) electrons. The van der Waals surface area contributed by atoms with Crippen LogP contribution in [0.2, 0.25) is 0 Å². The molecule has 2 heterocycles. The largest absolute Gasteiger partial charge is 0.236 e. The second-order valence-corrected chi connectivity index (χ2v) is 5.83. The Bertz CT molecular complexity index is 586. The molecule has 17 heavy (non-hydrogen) atoms. The number of nitrogens with zero attached hydrogens (tertiary/aromatic N) is 2. The van der Waals surface area contributed by atoms with Gasteiger partial charge in [-0.05, 0) is 17.7 Å². The van der Waals surface area contributed by atoms with E-state index in [2.05, 4.69) is 40.3 Å². The Morgan fingerprint density at radius 2 is 1.94 bits per heavy atom. The summed E-state index contributed by atoms with van der Waals surface area (Å²) in [6, 6.07) is 14.5. The van der Waals surface area contributed by atoms with Gasteiger partial charge in [-0.2, -0.15) is 0 Å². The van der Waals surface area contributed by atoms with Gasteiger partial charge in [-0.3, -0.25) is 0 Å². The predicted molar refractivity (Wildman–Crippen MR) is 73.4 cm³/mol. The van der Waals surface area contributed by atoms with E-state index in [1.807, 2.05) is 12.1 Å². The molecule has 3 rings (SSSR count). The van der Waals surface area contributed by atoms with Crippen molar-refractivity contribution >= 4 is 33.4 Å². The first-order chi connectivity index (χ1) is 8.42. The lowest BCUT2D eigenvalue weighted by molar-refractivity contribution is 1.23. The van der Waals surface area contributed by atoms with E-state index in [9.17, 15) is 0 Å². The third-order valence-electron chi connectivity index (χ3n) is 2.35. The van der Waals surface area contributed by atoms with Crippen LogP contribution in [0.4, 0.5) is 0 Å². The molecule has 3 aromatic rings. The number of thioether (sulfide) groups is 1. The van der Waals surface area contributed by atoms with Gasteiger partial charge in [0.2, 0.25) is 0 Å². The van der Waals surface area contributed by atoms with E-state index in [0.29, 0.717) is 0 Å². The highest BCUT2D eigenvalue weighted by Crippen LogP contribution is 2.30. The maximum atomic E-state index is 4.50. The van der Waals surface area contributed by atoms with E-state index < -0.39 is 0 Å². The van der Waals surface area contributed by atoms with Crippen molar-refractivity contribution in [1.29, 1.82) is 0 Å². The predicted octanol–water partition coefficient (Wildman–Crippen LogP) is 3.98. The second-order valence-electron chi connectivity index (χ2n) is 3.58. The van der Waals surface area contributed by atoms with Crippen LogP contribution < -0.4 is 0 Å². The van der Waals surface area contributed by atoms with Crippen molar-refractivity contribution in [2.75, 3.05) is 0 Å². The molecule has 4 heteroatoms. The Kier molecular flexibility index (Phi) is 3.07. The molecule has 84 valence electrons. The third kappa shape index (κ3) is 2.48. The van der Waals surface area contributed by atoms with E-state index in [1.165, 1.54) is 5.56 Å². The Morgan fingerprint density at radius 1 is 1.06 bits per heavy atom. The lowest BCUT2D eigenvalue weighted by Crippen LogP contribution is -1.78. The zero-order valence-electron chi connectivity index (χ0n) is 9.04. The lowest BCUT2D eigenvalue weighted by atomic mass is 10.2. The number of benzene rings is 1. The van der Waals surface area contributed by atoms with Gasteiger partial charge in [-0.15, -0.1) is 11.3 Å². The first-order valence-corrected chi connectivity index (χ1v) is 7.10. The first-order valence-electron chi connectivity index (χ1n) is 5.30. The minimum absolute atomic E-state index is 0.855. The SMILES string of the molecule is c1ccc(CSc2nc3ncccc3s2)cc1. The summed E-state index contributed by atoms with van der Waals surface area (Å²) in [4.78, 5) is 8.74. The Morgan fingerprint density at radius 3 is 2.76 bits per heavy atom. The molecule has 0 saturated carbocycles. The molecule has 0 N–H and O–H groups in total. The van der Waals surface area contributed by atoms with Crippen molar-refractivity contribution in [3.63, 3.8) is 0 Å². The summed E-state index contributed by atoms with van der Waals surface area (Å²) < 4.78 is 2.24. The fourth-order valence-electron chi connectivity index (χ4n) is 1.53. The average molecular weight is 258 g/mol. The summed E-state index contributed by atoms with van der Waals surface area (Å²) in [5.74, 6) is 0.959. The zero-order valence-corrected chi connectivity index (χ0v) is 10.7.